The first-order chi connectivity index (χ1) is 7.92. The molecule has 2 fully saturated rings. The first-order valence-corrected chi connectivity index (χ1v) is 7.31. The highest BCUT2D eigenvalue weighted by Gasteiger charge is 2.51. The van der Waals surface area contributed by atoms with Crippen LogP contribution >= 0.6 is 0 Å². The van der Waals surface area contributed by atoms with Crippen LogP contribution < -0.4 is 5.32 Å². The van der Waals surface area contributed by atoms with Gasteiger partial charge in [-0.3, -0.25) is 0 Å². The fourth-order valence-corrected chi connectivity index (χ4v) is 3.92. The Bertz CT molecular complexity index is 276. The van der Waals surface area contributed by atoms with Gasteiger partial charge in [-0.25, -0.2) is 0 Å². The lowest BCUT2D eigenvalue weighted by Gasteiger charge is -2.49. The van der Waals surface area contributed by atoms with E-state index in [1.807, 2.05) is 0 Å². The third-order valence-electron chi connectivity index (χ3n) is 5.98. The molecule has 0 aromatic carbocycles. The van der Waals surface area contributed by atoms with E-state index in [9.17, 15) is 5.11 Å². The number of rotatable bonds is 2. The molecular weight excluding hydrogens is 210 g/mol. The van der Waals surface area contributed by atoms with Crippen LogP contribution in [0.5, 0.6) is 0 Å². The van der Waals surface area contributed by atoms with E-state index < -0.39 is 0 Å². The molecule has 2 heteroatoms. The molecule has 100 valence electrons. The molecule has 4 unspecified atom stereocenters. The molecule has 1 aliphatic carbocycles. The molecule has 1 spiro atoms. The predicted molar refractivity (Wildman–Crippen MR) is 71.9 cm³/mol. The summed E-state index contributed by atoms with van der Waals surface area (Å²) in [7, 11) is 0. The lowest BCUT2D eigenvalue weighted by Crippen LogP contribution is -2.48. The zero-order valence-electron chi connectivity index (χ0n) is 11.9. The first kappa shape index (κ1) is 13.4. The normalized spacial score (nSPS) is 43.2. The van der Waals surface area contributed by atoms with Gasteiger partial charge >= 0.3 is 0 Å². The third-order valence-corrected chi connectivity index (χ3v) is 5.98. The minimum atomic E-state index is -0.0867. The lowest BCUT2D eigenvalue weighted by atomic mass is 9.57. The van der Waals surface area contributed by atoms with Crippen LogP contribution in [0.1, 0.15) is 53.4 Å². The van der Waals surface area contributed by atoms with E-state index in [0.29, 0.717) is 11.3 Å². The van der Waals surface area contributed by atoms with Crippen LogP contribution in [0, 0.1) is 22.7 Å². The standard InChI is InChI=1S/C15H29NO/c1-5-14(3,4)12-6-7-13(17)15(8-12)10-16-9-11(15)2/h11-13,16-17H,5-10H2,1-4H3. The Morgan fingerprint density at radius 1 is 1.35 bits per heavy atom. The van der Waals surface area contributed by atoms with Crippen molar-refractivity contribution in [1.82, 2.24) is 5.32 Å². The second kappa shape index (κ2) is 4.55. The number of aliphatic hydroxyl groups excluding tert-OH is 1. The van der Waals surface area contributed by atoms with Crippen LogP contribution in [-0.4, -0.2) is 24.3 Å². The Kier molecular flexibility index (Phi) is 3.57. The maximum Gasteiger partial charge on any atom is 0.0611 e. The van der Waals surface area contributed by atoms with Crippen LogP contribution in [0.25, 0.3) is 0 Å². The molecule has 0 amide bonds. The summed E-state index contributed by atoms with van der Waals surface area (Å²) in [4.78, 5) is 0. The van der Waals surface area contributed by atoms with Gasteiger partial charge in [0.25, 0.3) is 0 Å². The van der Waals surface area contributed by atoms with Gasteiger partial charge in [0.15, 0.2) is 0 Å². The Morgan fingerprint density at radius 2 is 2.06 bits per heavy atom. The van der Waals surface area contributed by atoms with E-state index in [2.05, 4.69) is 33.0 Å². The molecule has 1 aliphatic heterocycles. The number of aliphatic hydroxyl groups is 1. The molecule has 1 saturated carbocycles. The van der Waals surface area contributed by atoms with Crippen molar-refractivity contribution in [2.45, 2.75) is 59.5 Å². The maximum absolute atomic E-state index is 10.4. The van der Waals surface area contributed by atoms with Crippen LogP contribution in [0.4, 0.5) is 0 Å². The van der Waals surface area contributed by atoms with Crippen molar-refractivity contribution in [3.63, 3.8) is 0 Å². The summed E-state index contributed by atoms with van der Waals surface area (Å²) in [5.41, 5.74) is 0.588. The zero-order chi connectivity index (χ0) is 12.7. The van der Waals surface area contributed by atoms with Crippen molar-refractivity contribution < 1.29 is 5.11 Å². The molecule has 0 radical (unpaired) electrons. The van der Waals surface area contributed by atoms with E-state index in [4.69, 9.17) is 0 Å². The second-order valence-electron chi connectivity index (χ2n) is 7.10. The maximum atomic E-state index is 10.4. The number of nitrogens with one attached hydrogen (secondary N) is 1. The van der Waals surface area contributed by atoms with Gasteiger partial charge in [0.05, 0.1) is 6.10 Å². The molecule has 17 heavy (non-hydrogen) atoms. The van der Waals surface area contributed by atoms with E-state index in [1.54, 1.807) is 0 Å². The topological polar surface area (TPSA) is 32.3 Å². The highest BCUT2D eigenvalue weighted by molar-refractivity contribution is 5.03. The van der Waals surface area contributed by atoms with Crippen molar-refractivity contribution >= 4 is 0 Å². The fourth-order valence-electron chi connectivity index (χ4n) is 3.92. The lowest BCUT2D eigenvalue weighted by molar-refractivity contribution is -0.0646. The molecule has 0 aromatic rings. The highest BCUT2D eigenvalue weighted by Crippen LogP contribution is 2.52. The van der Waals surface area contributed by atoms with Crippen molar-refractivity contribution in [3.05, 3.63) is 0 Å². The number of hydrogen-bond acceptors (Lipinski definition) is 2. The smallest absolute Gasteiger partial charge is 0.0611 e. The van der Waals surface area contributed by atoms with E-state index in [0.717, 1.165) is 25.4 Å². The molecule has 1 heterocycles. The summed E-state index contributed by atoms with van der Waals surface area (Å²) < 4.78 is 0. The van der Waals surface area contributed by atoms with Gasteiger partial charge in [0.1, 0.15) is 0 Å². The van der Waals surface area contributed by atoms with E-state index in [-0.39, 0.29) is 11.5 Å². The molecule has 2 nitrogen and oxygen atoms in total. The SMILES string of the molecule is CCC(C)(C)C1CCC(O)C2(CNCC2C)C1. The van der Waals surface area contributed by atoms with Crippen molar-refractivity contribution in [1.29, 1.82) is 0 Å². The summed E-state index contributed by atoms with van der Waals surface area (Å²) >= 11 is 0. The summed E-state index contributed by atoms with van der Waals surface area (Å²) in [6, 6.07) is 0. The van der Waals surface area contributed by atoms with E-state index in [1.165, 1.54) is 19.3 Å². The van der Waals surface area contributed by atoms with Crippen molar-refractivity contribution in [3.8, 4) is 0 Å². The van der Waals surface area contributed by atoms with Crippen LogP contribution in [0.2, 0.25) is 0 Å². The molecule has 2 aliphatic rings. The summed E-state index contributed by atoms with van der Waals surface area (Å²) in [5.74, 6) is 1.39. The predicted octanol–water partition coefficient (Wildman–Crippen LogP) is 2.81. The average Bonchev–Trinajstić information content (AvgIpc) is 2.65. The van der Waals surface area contributed by atoms with Crippen LogP contribution in [0.15, 0.2) is 0 Å². The minimum absolute atomic E-state index is 0.0867. The van der Waals surface area contributed by atoms with Crippen molar-refractivity contribution in [2.75, 3.05) is 13.1 Å². The van der Waals surface area contributed by atoms with Gasteiger partial charge < -0.3 is 10.4 Å². The average molecular weight is 239 g/mol. The van der Waals surface area contributed by atoms with Gasteiger partial charge in [-0.05, 0) is 43.1 Å². The quantitative estimate of drug-likeness (QED) is 0.776. The van der Waals surface area contributed by atoms with Crippen LogP contribution in [-0.2, 0) is 0 Å². The zero-order valence-corrected chi connectivity index (χ0v) is 11.9. The summed E-state index contributed by atoms with van der Waals surface area (Å²) in [6.07, 6.45) is 4.57. The van der Waals surface area contributed by atoms with Gasteiger partial charge in [0.2, 0.25) is 0 Å². The monoisotopic (exact) mass is 239 g/mol. The Balaban J connectivity index is 2.17. The highest BCUT2D eigenvalue weighted by atomic mass is 16.3. The molecular formula is C15H29NO. The van der Waals surface area contributed by atoms with Gasteiger partial charge in [-0.1, -0.05) is 34.1 Å². The Hall–Kier alpha value is -0.0800. The van der Waals surface area contributed by atoms with Gasteiger partial charge in [-0.2, -0.15) is 0 Å². The molecule has 2 N–H and O–H groups in total. The fraction of sp³-hybridized carbons (Fsp3) is 1.00. The largest absolute Gasteiger partial charge is 0.392 e. The van der Waals surface area contributed by atoms with Crippen molar-refractivity contribution in [2.24, 2.45) is 22.7 Å². The molecule has 0 bridgehead atoms. The minimum Gasteiger partial charge on any atom is -0.392 e. The van der Waals surface area contributed by atoms with Crippen LogP contribution in [0.3, 0.4) is 0 Å². The second-order valence-corrected chi connectivity index (χ2v) is 7.10. The van der Waals surface area contributed by atoms with Gasteiger partial charge in [-0.15, -0.1) is 0 Å². The first-order valence-electron chi connectivity index (χ1n) is 7.31. The Morgan fingerprint density at radius 3 is 2.59 bits per heavy atom. The number of hydrogen-bond donors (Lipinski definition) is 2. The molecule has 2 rings (SSSR count). The summed E-state index contributed by atoms with van der Waals surface area (Å²) in [5, 5.41) is 13.9. The van der Waals surface area contributed by atoms with E-state index >= 15 is 0 Å². The molecule has 1 saturated heterocycles. The molecule has 0 aromatic heterocycles. The van der Waals surface area contributed by atoms with Gasteiger partial charge in [0, 0.05) is 12.0 Å². The third kappa shape index (κ3) is 2.15. The molecule has 4 atom stereocenters. The summed E-state index contributed by atoms with van der Waals surface area (Å²) in [6.45, 7) is 11.5. The Labute approximate surface area is 106 Å².